The molecule has 0 fully saturated rings. The third kappa shape index (κ3) is 6.23. The Balaban J connectivity index is 1.56. The van der Waals surface area contributed by atoms with E-state index in [2.05, 4.69) is 26.1 Å². The van der Waals surface area contributed by atoms with Crippen molar-refractivity contribution in [2.24, 2.45) is 0 Å². The second-order valence-electron chi connectivity index (χ2n) is 7.57. The van der Waals surface area contributed by atoms with Gasteiger partial charge in [-0.3, -0.25) is 14.7 Å². The van der Waals surface area contributed by atoms with Crippen molar-refractivity contribution < 1.29 is 18.4 Å². The lowest BCUT2D eigenvalue weighted by atomic mass is 10.1. The molecule has 0 radical (unpaired) electrons. The van der Waals surface area contributed by atoms with Crippen molar-refractivity contribution in [1.29, 1.82) is 0 Å². The number of ether oxygens (including phenoxy) is 1. The molecule has 0 N–H and O–H groups in total. The second-order valence-corrected chi connectivity index (χ2v) is 9.59. The van der Waals surface area contributed by atoms with E-state index in [1.54, 1.807) is 54.0 Å². The van der Waals surface area contributed by atoms with Crippen LogP contribution in [-0.2, 0) is 6.61 Å². The van der Waals surface area contributed by atoms with Crippen LogP contribution in [0.2, 0.25) is 0 Å². The smallest absolute Gasteiger partial charge is 0.220 e. The fraction of sp³-hybridized carbons (Fsp3) is 0.167. The standard InChI is InChI=1S/C24H19BrF2N4O3S/c1-15-28-29-24(31(15)20-9-7-19(27)8-10-20)35-23(13-30(32)33)17-4-11-22(21(25)12-17)34-14-16-2-5-18(26)6-3-16/h2-12,23H,13-14H2,1H3/t23-/m1/s1. The van der Waals surface area contributed by atoms with E-state index in [1.165, 1.54) is 36.0 Å². The largest absolute Gasteiger partial charge is 0.488 e. The number of benzene rings is 3. The molecule has 1 heterocycles. The molecule has 180 valence electrons. The van der Waals surface area contributed by atoms with Crippen molar-refractivity contribution in [2.45, 2.75) is 23.9 Å². The Morgan fingerprint density at radius 3 is 2.34 bits per heavy atom. The minimum atomic E-state index is -0.574. The number of nitro groups is 1. The molecule has 0 amide bonds. The summed E-state index contributed by atoms with van der Waals surface area (Å²) >= 11 is 4.68. The summed E-state index contributed by atoms with van der Waals surface area (Å²) in [4.78, 5) is 11.1. The normalized spacial score (nSPS) is 11.9. The summed E-state index contributed by atoms with van der Waals surface area (Å²) in [6, 6.07) is 17.1. The number of thioether (sulfide) groups is 1. The van der Waals surface area contributed by atoms with Crippen molar-refractivity contribution in [3.8, 4) is 11.4 Å². The van der Waals surface area contributed by atoms with Gasteiger partial charge in [-0.2, -0.15) is 0 Å². The zero-order valence-electron chi connectivity index (χ0n) is 18.4. The lowest BCUT2D eigenvalue weighted by Crippen LogP contribution is -2.11. The Morgan fingerprint density at radius 1 is 1.06 bits per heavy atom. The van der Waals surface area contributed by atoms with Gasteiger partial charge in [-0.1, -0.05) is 30.0 Å². The molecule has 0 unspecified atom stereocenters. The van der Waals surface area contributed by atoms with Crippen molar-refractivity contribution in [3.63, 3.8) is 0 Å². The average molecular weight is 561 g/mol. The molecule has 35 heavy (non-hydrogen) atoms. The summed E-state index contributed by atoms with van der Waals surface area (Å²) < 4.78 is 34.7. The Kier molecular flexibility index (Phi) is 7.76. The van der Waals surface area contributed by atoms with Crippen molar-refractivity contribution in [2.75, 3.05) is 6.54 Å². The second kappa shape index (κ2) is 11.0. The minimum absolute atomic E-state index is 0.241. The molecular weight excluding hydrogens is 542 g/mol. The van der Waals surface area contributed by atoms with Crippen LogP contribution in [0.4, 0.5) is 8.78 Å². The van der Waals surface area contributed by atoms with E-state index < -0.39 is 5.25 Å². The van der Waals surface area contributed by atoms with Gasteiger partial charge in [-0.25, -0.2) is 8.78 Å². The molecule has 7 nitrogen and oxygen atoms in total. The number of aryl methyl sites for hydroxylation is 1. The first-order chi connectivity index (χ1) is 16.8. The topological polar surface area (TPSA) is 83.1 Å². The molecule has 1 aromatic heterocycles. The molecule has 0 aliphatic rings. The highest BCUT2D eigenvalue weighted by Crippen LogP contribution is 2.38. The van der Waals surface area contributed by atoms with Crippen molar-refractivity contribution in [1.82, 2.24) is 14.8 Å². The van der Waals surface area contributed by atoms with Gasteiger partial charge in [0.05, 0.1) is 4.47 Å². The highest BCUT2D eigenvalue weighted by atomic mass is 79.9. The highest BCUT2D eigenvalue weighted by Gasteiger charge is 2.24. The summed E-state index contributed by atoms with van der Waals surface area (Å²) in [5.74, 6) is 0.434. The van der Waals surface area contributed by atoms with Crippen LogP contribution in [0.3, 0.4) is 0 Å². The maximum atomic E-state index is 13.4. The molecule has 11 heteroatoms. The van der Waals surface area contributed by atoms with Gasteiger partial charge < -0.3 is 4.74 Å². The van der Waals surface area contributed by atoms with Crippen LogP contribution < -0.4 is 4.74 Å². The molecule has 4 rings (SSSR count). The van der Waals surface area contributed by atoms with E-state index in [1.807, 2.05) is 0 Å². The Bertz CT molecular complexity index is 1330. The fourth-order valence-electron chi connectivity index (χ4n) is 3.36. The summed E-state index contributed by atoms with van der Waals surface area (Å²) in [6.45, 7) is 1.65. The van der Waals surface area contributed by atoms with Gasteiger partial charge in [0.15, 0.2) is 5.16 Å². The number of halogens is 3. The molecule has 1 atom stereocenters. The zero-order valence-corrected chi connectivity index (χ0v) is 20.8. The van der Waals surface area contributed by atoms with E-state index in [0.717, 1.165) is 5.56 Å². The Hall–Kier alpha value is -3.31. The fourth-order valence-corrected chi connectivity index (χ4v) is 5.03. The molecule has 0 saturated carbocycles. The number of hydrogen-bond acceptors (Lipinski definition) is 6. The SMILES string of the molecule is Cc1nnc(S[C@H](C[N+](=O)[O-])c2ccc(OCc3ccc(F)cc3)c(Br)c2)n1-c1ccc(F)cc1. The predicted octanol–water partition coefficient (Wildman–Crippen LogP) is 6.31. The van der Waals surface area contributed by atoms with E-state index in [0.29, 0.717) is 32.5 Å². The van der Waals surface area contributed by atoms with Gasteiger partial charge in [-0.05, 0) is 82.5 Å². The molecule has 0 bridgehead atoms. The van der Waals surface area contributed by atoms with Crippen LogP contribution in [0.1, 0.15) is 22.2 Å². The molecule has 0 aliphatic heterocycles. The summed E-state index contributed by atoms with van der Waals surface area (Å²) in [6.07, 6.45) is 0. The van der Waals surface area contributed by atoms with Gasteiger partial charge >= 0.3 is 0 Å². The lowest BCUT2D eigenvalue weighted by molar-refractivity contribution is -0.479. The first-order valence-corrected chi connectivity index (χ1v) is 12.1. The third-order valence-corrected chi connectivity index (χ3v) is 6.88. The maximum absolute atomic E-state index is 13.4. The van der Waals surface area contributed by atoms with E-state index in [4.69, 9.17) is 4.74 Å². The van der Waals surface area contributed by atoms with Gasteiger partial charge in [0.1, 0.15) is 35.1 Å². The molecule has 0 spiro atoms. The van der Waals surface area contributed by atoms with Crippen LogP contribution in [0.15, 0.2) is 76.4 Å². The molecular formula is C24H19BrF2N4O3S. The van der Waals surface area contributed by atoms with Gasteiger partial charge in [0.25, 0.3) is 0 Å². The predicted molar refractivity (Wildman–Crippen MR) is 131 cm³/mol. The summed E-state index contributed by atoms with van der Waals surface area (Å²) in [5, 5.41) is 19.6. The minimum Gasteiger partial charge on any atom is -0.488 e. The molecule has 0 saturated heterocycles. The number of nitrogens with zero attached hydrogens (tertiary/aromatic N) is 4. The molecule has 3 aromatic carbocycles. The van der Waals surface area contributed by atoms with E-state index in [9.17, 15) is 18.9 Å². The Morgan fingerprint density at radius 2 is 1.71 bits per heavy atom. The van der Waals surface area contributed by atoms with Crippen LogP contribution in [0, 0.1) is 28.7 Å². The summed E-state index contributed by atoms with van der Waals surface area (Å²) in [7, 11) is 0. The van der Waals surface area contributed by atoms with Gasteiger partial charge in [-0.15, -0.1) is 10.2 Å². The van der Waals surface area contributed by atoms with Gasteiger partial charge in [0.2, 0.25) is 6.54 Å². The molecule has 0 aliphatic carbocycles. The number of aromatic nitrogens is 3. The van der Waals surface area contributed by atoms with E-state index in [-0.39, 0.29) is 29.7 Å². The third-order valence-electron chi connectivity index (χ3n) is 5.08. The first-order valence-electron chi connectivity index (χ1n) is 10.4. The Labute approximate surface area is 212 Å². The van der Waals surface area contributed by atoms with Crippen LogP contribution in [0.5, 0.6) is 5.75 Å². The quantitative estimate of drug-likeness (QED) is 0.135. The summed E-state index contributed by atoms with van der Waals surface area (Å²) in [5.41, 5.74) is 2.15. The van der Waals surface area contributed by atoms with Crippen LogP contribution >= 0.6 is 27.7 Å². The van der Waals surface area contributed by atoms with Gasteiger partial charge in [0, 0.05) is 10.6 Å². The highest BCUT2D eigenvalue weighted by molar-refractivity contribution is 9.10. The van der Waals surface area contributed by atoms with Crippen LogP contribution in [-0.4, -0.2) is 26.2 Å². The van der Waals surface area contributed by atoms with Crippen molar-refractivity contribution >= 4 is 27.7 Å². The lowest BCUT2D eigenvalue weighted by Gasteiger charge is -2.16. The van der Waals surface area contributed by atoms with Crippen LogP contribution in [0.25, 0.3) is 5.69 Å². The number of hydrogen-bond donors (Lipinski definition) is 0. The maximum Gasteiger partial charge on any atom is 0.220 e. The first kappa shape index (κ1) is 24.8. The zero-order chi connectivity index (χ0) is 24.9. The van der Waals surface area contributed by atoms with Crippen molar-refractivity contribution in [3.05, 3.63) is 110 Å². The number of rotatable bonds is 9. The molecule has 4 aromatic rings. The average Bonchev–Trinajstić information content (AvgIpc) is 3.19. The van der Waals surface area contributed by atoms with E-state index >= 15 is 0 Å². The monoisotopic (exact) mass is 560 g/mol.